The largest absolute Gasteiger partial charge is 0.399 e. The molecule has 2 N–H and O–H groups in total. The third kappa shape index (κ3) is 5.77. The molecule has 0 bridgehead atoms. The summed E-state index contributed by atoms with van der Waals surface area (Å²) in [5.41, 5.74) is 8.62. The zero-order valence-corrected chi connectivity index (χ0v) is 18.2. The minimum absolute atomic E-state index is 0. The summed E-state index contributed by atoms with van der Waals surface area (Å²) >= 11 is 12.1. The Hall–Kier alpha value is -1.46. The van der Waals surface area contributed by atoms with Gasteiger partial charge in [-0.2, -0.15) is 0 Å². The number of amides is 1. The molecule has 1 heterocycles. The molecule has 3 rings (SSSR count). The molecule has 0 aromatic heterocycles. The smallest absolute Gasteiger partial charge is 0.227 e. The molecule has 1 aliphatic heterocycles. The van der Waals surface area contributed by atoms with Gasteiger partial charge in [-0.25, -0.2) is 0 Å². The van der Waals surface area contributed by atoms with Gasteiger partial charge in [0.15, 0.2) is 0 Å². The third-order valence-corrected chi connectivity index (χ3v) is 5.86. The molecular formula is C21H26Cl3N3O. The van der Waals surface area contributed by atoms with Gasteiger partial charge in [-0.15, -0.1) is 12.4 Å². The van der Waals surface area contributed by atoms with E-state index in [2.05, 4.69) is 4.90 Å². The van der Waals surface area contributed by atoms with Crippen molar-refractivity contribution >= 4 is 47.2 Å². The SMILES string of the molecule is CN(C(=O)Cc1ccc(Cl)c(Cl)c1)[C@H](CN1CCCC1)c1cccc(N)c1.Cl. The van der Waals surface area contributed by atoms with Gasteiger partial charge in [-0.3, -0.25) is 4.79 Å². The third-order valence-electron chi connectivity index (χ3n) is 5.13. The molecular weight excluding hydrogens is 417 g/mol. The highest BCUT2D eigenvalue weighted by atomic mass is 35.5. The van der Waals surface area contributed by atoms with Crippen LogP contribution in [0.15, 0.2) is 42.5 Å². The summed E-state index contributed by atoms with van der Waals surface area (Å²) in [7, 11) is 1.86. The first-order valence-electron chi connectivity index (χ1n) is 9.21. The average molecular weight is 443 g/mol. The molecule has 0 radical (unpaired) electrons. The number of rotatable bonds is 6. The number of anilines is 1. The average Bonchev–Trinajstić information content (AvgIpc) is 3.15. The topological polar surface area (TPSA) is 49.6 Å². The van der Waals surface area contributed by atoms with Gasteiger partial charge in [0.1, 0.15) is 0 Å². The number of halogens is 3. The van der Waals surface area contributed by atoms with Crippen molar-refractivity contribution in [3.05, 3.63) is 63.6 Å². The number of hydrogen-bond donors (Lipinski definition) is 1. The highest BCUT2D eigenvalue weighted by molar-refractivity contribution is 6.42. The van der Waals surface area contributed by atoms with E-state index in [-0.39, 0.29) is 30.8 Å². The van der Waals surface area contributed by atoms with Crippen LogP contribution >= 0.6 is 35.6 Å². The van der Waals surface area contributed by atoms with Crippen LogP contribution in [0.5, 0.6) is 0 Å². The van der Waals surface area contributed by atoms with E-state index < -0.39 is 0 Å². The van der Waals surface area contributed by atoms with Crippen LogP contribution in [0.1, 0.15) is 30.0 Å². The molecule has 1 fully saturated rings. The van der Waals surface area contributed by atoms with Crippen molar-refractivity contribution in [3.63, 3.8) is 0 Å². The Bertz CT molecular complexity index is 809. The van der Waals surface area contributed by atoms with Crippen LogP contribution < -0.4 is 5.73 Å². The Morgan fingerprint density at radius 1 is 1.14 bits per heavy atom. The van der Waals surface area contributed by atoms with E-state index in [0.29, 0.717) is 15.7 Å². The molecule has 1 saturated heterocycles. The van der Waals surface area contributed by atoms with Gasteiger partial charge in [-0.1, -0.05) is 41.4 Å². The summed E-state index contributed by atoms with van der Waals surface area (Å²) in [6.07, 6.45) is 2.71. The van der Waals surface area contributed by atoms with E-state index in [0.717, 1.165) is 30.8 Å². The second kappa shape index (κ2) is 10.4. The maximum absolute atomic E-state index is 13.0. The number of nitrogens with two attached hydrogens (primary N) is 1. The van der Waals surface area contributed by atoms with E-state index >= 15 is 0 Å². The highest BCUT2D eigenvalue weighted by Crippen LogP contribution is 2.26. The molecule has 0 aliphatic carbocycles. The second-order valence-corrected chi connectivity index (χ2v) is 7.94. The van der Waals surface area contributed by atoms with Crippen molar-refractivity contribution in [2.75, 3.05) is 32.4 Å². The van der Waals surface area contributed by atoms with Crippen LogP contribution in [0, 0.1) is 0 Å². The maximum Gasteiger partial charge on any atom is 0.227 e. The molecule has 1 aliphatic rings. The number of nitrogen functional groups attached to an aromatic ring is 1. The van der Waals surface area contributed by atoms with E-state index in [1.807, 2.05) is 42.3 Å². The number of nitrogens with zero attached hydrogens (tertiary/aromatic N) is 2. The first-order valence-corrected chi connectivity index (χ1v) is 9.97. The van der Waals surface area contributed by atoms with Gasteiger partial charge in [0.25, 0.3) is 0 Å². The second-order valence-electron chi connectivity index (χ2n) is 7.12. The van der Waals surface area contributed by atoms with Crippen LogP contribution in [-0.2, 0) is 11.2 Å². The molecule has 1 atom stereocenters. The summed E-state index contributed by atoms with van der Waals surface area (Å²) < 4.78 is 0. The number of likely N-dealkylation sites (tertiary alicyclic amines) is 1. The normalized spacial score (nSPS) is 15.1. The van der Waals surface area contributed by atoms with Crippen LogP contribution in [0.25, 0.3) is 0 Å². The molecule has 0 saturated carbocycles. The standard InChI is InChI=1S/C21H25Cl2N3O.ClH/c1-25(21(27)12-15-7-8-18(22)19(23)11-15)20(14-26-9-2-3-10-26)16-5-4-6-17(24)13-16;/h4-8,11,13,20H,2-3,9-10,12,14,24H2,1H3;1H/t20-;/m1./s1. The summed E-state index contributed by atoms with van der Waals surface area (Å²) in [4.78, 5) is 17.2. The van der Waals surface area contributed by atoms with Crippen molar-refractivity contribution in [3.8, 4) is 0 Å². The zero-order chi connectivity index (χ0) is 19.4. The van der Waals surface area contributed by atoms with Crippen LogP contribution in [0.2, 0.25) is 10.0 Å². The van der Waals surface area contributed by atoms with Crippen LogP contribution in [-0.4, -0.2) is 42.4 Å². The van der Waals surface area contributed by atoms with Crippen molar-refractivity contribution in [2.45, 2.75) is 25.3 Å². The lowest BCUT2D eigenvalue weighted by Crippen LogP contribution is -2.39. The molecule has 152 valence electrons. The molecule has 2 aromatic carbocycles. The van der Waals surface area contributed by atoms with Gasteiger partial charge >= 0.3 is 0 Å². The fourth-order valence-corrected chi connectivity index (χ4v) is 3.87. The van der Waals surface area contributed by atoms with Crippen molar-refractivity contribution in [2.24, 2.45) is 0 Å². The number of benzene rings is 2. The lowest BCUT2D eigenvalue weighted by molar-refractivity contribution is -0.131. The number of likely N-dealkylation sites (N-methyl/N-ethyl adjacent to an activating group) is 1. The van der Waals surface area contributed by atoms with Crippen molar-refractivity contribution in [1.29, 1.82) is 0 Å². The Morgan fingerprint density at radius 2 is 1.86 bits per heavy atom. The van der Waals surface area contributed by atoms with Crippen LogP contribution in [0.4, 0.5) is 5.69 Å². The minimum Gasteiger partial charge on any atom is -0.399 e. The Kier molecular flexibility index (Phi) is 8.44. The van der Waals surface area contributed by atoms with Crippen molar-refractivity contribution < 1.29 is 4.79 Å². The summed E-state index contributed by atoms with van der Waals surface area (Å²) in [5.74, 6) is 0.0417. The molecule has 1 amide bonds. The fourth-order valence-electron chi connectivity index (χ4n) is 3.55. The van der Waals surface area contributed by atoms with Crippen LogP contribution in [0.3, 0.4) is 0 Å². The van der Waals surface area contributed by atoms with Gasteiger partial charge in [0.05, 0.1) is 22.5 Å². The van der Waals surface area contributed by atoms with E-state index in [1.165, 1.54) is 12.8 Å². The molecule has 4 nitrogen and oxygen atoms in total. The van der Waals surface area contributed by atoms with Gasteiger partial charge in [0, 0.05) is 19.3 Å². The zero-order valence-electron chi connectivity index (χ0n) is 15.9. The number of carbonyl (C=O) groups excluding carboxylic acids is 1. The fraction of sp³-hybridized carbons (Fsp3) is 0.381. The Labute approximate surface area is 183 Å². The molecule has 2 aromatic rings. The molecule has 7 heteroatoms. The number of carbonyl (C=O) groups is 1. The van der Waals surface area contributed by atoms with Gasteiger partial charge < -0.3 is 15.5 Å². The first-order chi connectivity index (χ1) is 12.9. The number of hydrogen-bond acceptors (Lipinski definition) is 3. The summed E-state index contributed by atoms with van der Waals surface area (Å²) in [6.45, 7) is 2.97. The molecule has 0 unspecified atom stereocenters. The first kappa shape index (κ1) is 22.8. The minimum atomic E-state index is -0.0399. The van der Waals surface area contributed by atoms with Gasteiger partial charge in [0.2, 0.25) is 5.91 Å². The molecule has 0 spiro atoms. The predicted octanol–water partition coefficient (Wildman–Crippen LogP) is 4.84. The highest BCUT2D eigenvalue weighted by Gasteiger charge is 2.26. The lowest BCUT2D eigenvalue weighted by Gasteiger charge is -2.32. The van der Waals surface area contributed by atoms with E-state index in [9.17, 15) is 4.79 Å². The monoisotopic (exact) mass is 441 g/mol. The maximum atomic E-state index is 13.0. The Balaban J connectivity index is 0.00000280. The predicted molar refractivity (Wildman–Crippen MR) is 119 cm³/mol. The molecule has 28 heavy (non-hydrogen) atoms. The van der Waals surface area contributed by atoms with Gasteiger partial charge in [-0.05, 0) is 61.3 Å². The Morgan fingerprint density at radius 3 is 2.50 bits per heavy atom. The summed E-state index contributed by atoms with van der Waals surface area (Å²) in [5, 5.41) is 0.960. The summed E-state index contributed by atoms with van der Waals surface area (Å²) in [6, 6.07) is 13.1. The lowest BCUT2D eigenvalue weighted by atomic mass is 10.0. The quantitative estimate of drug-likeness (QED) is 0.652. The van der Waals surface area contributed by atoms with E-state index in [4.69, 9.17) is 28.9 Å². The van der Waals surface area contributed by atoms with E-state index in [1.54, 1.807) is 12.1 Å². The van der Waals surface area contributed by atoms with Crippen molar-refractivity contribution in [1.82, 2.24) is 9.80 Å².